The minimum Gasteiger partial charge on any atom is -0.397 e. The molecule has 2 aromatic rings. The lowest BCUT2D eigenvalue weighted by atomic mass is 10.2. The van der Waals surface area contributed by atoms with E-state index < -0.39 is 0 Å². The van der Waals surface area contributed by atoms with E-state index in [0.29, 0.717) is 16.5 Å². The highest BCUT2D eigenvalue weighted by molar-refractivity contribution is 6.32. The third-order valence-corrected chi connectivity index (χ3v) is 2.97. The highest BCUT2D eigenvalue weighted by Gasteiger charge is 2.12. The van der Waals surface area contributed by atoms with Crippen molar-refractivity contribution >= 4 is 17.3 Å². The summed E-state index contributed by atoms with van der Waals surface area (Å²) >= 11 is 6.09. The Morgan fingerprint density at radius 2 is 2.00 bits per heavy atom. The molecule has 84 valence electrons. The average molecular weight is 237 g/mol. The fourth-order valence-electron chi connectivity index (χ4n) is 1.53. The van der Waals surface area contributed by atoms with E-state index in [0.717, 1.165) is 17.0 Å². The minimum absolute atomic E-state index is 0.505. The van der Waals surface area contributed by atoms with E-state index >= 15 is 0 Å². The van der Waals surface area contributed by atoms with Crippen LogP contribution in [0.4, 0.5) is 5.69 Å². The van der Waals surface area contributed by atoms with E-state index in [1.54, 1.807) is 16.9 Å². The number of nitrogens with two attached hydrogens (primary N) is 1. The van der Waals surface area contributed by atoms with Crippen LogP contribution in [0.5, 0.6) is 0 Å². The Morgan fingerprint density at radius 3 is 2.50 bits per heavy atom. The number of aromatic nitrogens is 3. The van der Waals surface area contributed by atoms with Crippen LogP contribution in [-0.2, 0) is 0 Å². The topological polar surface area (TPSA) is 56.7 Å². The molecule has 0 fully saturated rings. The summed E-state index contributed by atoms with van der Waals surface area (Å²) in [7, 11) is 0. The minimum atomic E-state index is 0.505. The van der Waals surface area contributed by atoms with Gasteiger partial charge in [0, 0.05) is 5.69 Å². The number of nitrogens with zero attached hydrogens (tertiary/aromatic N) is 3. The van der Waals surface area contributed by atoms with Gasteiger partial charge < -0.3 is 5.73 Å². The van der Waals surface area contributed by atoms with E-state index in [9.17, 15) is 0 Å². The van der Waals surface area contributed by atoms with Gasteiger partial charge in [-0.05, 0) is 32.4 Å². The van der Waals surface area contributed by atoms with Crippen LogP contribution in [0.3, 0.4) is 0 Å². The molecule has 0 aliphatic rings. The van der Waals surface area contributed by atoms with E-state index in [2.05, 4.69) is 10.1 Å². The molecular formula is C11H13ClN4. The van der Waals surface area contributed by atoms with Crippen LogP contribution in [0.1, 0.15) is 17.0 Å². The van der Waals surface area contributed by atoms with Crippen LogP contribution in [-0.4, -0.2) is 14.8 Å². The van der Waals surface area contributed by atoms with Crippen molar-refractivity contribution in [3.05, 3.63) is 34.2 Å². The second-order valence-corrected chi connectivity index (χ2v) is 4.19. The monoisotopic (exact) mass is 236 g/mol. The third-order valence-electron chi connectivity index (χ3n) is 2.70. The SMILES string of the molecule is Cc1nn(-c2ncc(N)cc2Cl)c(C)c1C. The van der Waals surface area contributed by atoms with Crippen molar-refractivity contribution in [3.8, 4) is 5.82 Å². The molecule has 0 unspecified atom stereocenters. The maximum atomic E-state index is 6.09. The van der Waals surface area contributed by atoms with E-state index in [-0.39, 0.29) is 0 Å². The van der Waals surface area contributed by atoms with E-state index in [4.69, 9.17) is 17.3 Å². The largest absolute Gasteiger partial charge is 0.397 e. The van der Waals surface area contributed by atoms with Gasteiger partial charge in [-0.25, -0.2) is 9.67 Å². The van der Waals surface area contributed by atoms with Crippen LogP contribution in [0.15, 0.2) is 12.3 Å². The van der Waals surface area contributed by atoms with E-state index in [1.165, 1.54) is 0 Å². The van der Waals surface area contributed by atoms with Gasteiger partial charge in [-0.2, -0.15) is 5.10 Å². The first kappa shape index (κ1) is 11.0. The lowest BCUT2D eigenvalue weighted by Gasteiger charge is -2.06. The molecule has 2 rings (SSSR count). The first-order valence-corrected chi connectivity index (χ1v) is 5.32. The van der Waals surface area contributed by atoms with Crippen molar-refractivity contribution in [2.75, 3.05) is 5.73 Å². The third kappa shape index (κ3) is 1.65. The zero-order chi connectivity index (χ0) is 11.9. The molecule has 0 atom stereocenters. The highest BCUT2D eigenvalue weighted by Crippen LogP contribution is 2.23. The Bertz CT molecular complexity index is 545. The Morgan fingerprint density at radius 1 is 1.31 bits per heavy atom. The molecule has 2 aromatic heterocycles. The van der Waals surface area contributed by atoms with Gasteiger partial charge in [0.2, 0.25) is 0 Å². The number of hydrogen-bond donors (Lipinski definition) is 1. The van der Waals surface area contributed by atoms with Crippen molar-refractivity contribution in [2.45, 2.75) is 20.8 Å². The summed E-state index contributed by atoms with van der Waals surface area (Å²) in [5, 5.41) is 4.90. The van der Waals surface area contributed by atoms with Crippen LogP contribution in [0.2, 0.25) is 5.02 Å². The molecule has 16 heavy (non-hydrogen) atoms. The van der Waals surface area contributed by atoms with Gasteiger partial charge in [-0.3, -0.25) is 0 Å². The molecule has 0 amide bonds. The standard InChI is InChI=1S/C11H13ClN4/c1-6-7(2)15-16(8(6)3)11-10(12)4-9(13)5-14-11/h4-5H,13H2,1-3H3. The number of pyridine rings is 1. The van der Waals surface area contributed by atoms with Gasteiger partial charge in [0.25, 0.3) is 0 Å². The van der Waals surface area contributed by atoms with E-state index in [1.807, 2.05) is 20.8 Å². The number of aryl methyl sites for hydroxylation is 1. The molecule has 5 heteroatoms. The van der Waals surface area contributed by atoms with Crippen molar-refractivity contribution in [1.29, 1.82) is 0 Å². The summed E-state index contributed by atoms with van der Waals surface area (Å²) in [6.07, 6.45) is 1.58. The second-order valence-electron chi connectivity index (χ2n) is 3.78. The summed E-state index contributed by atoms with van der Waals surface area (Å²) in [5.74, 6) is 0.615. The molecular weight excluding hydrogens is 224 g/mol. The molecule has 0 saturated carbocycles. The lowest BCUT2D eigenvalue weighted by Crippen LogP contribution is -2.03. The molecule has 0 spiro atoms. The summed E-state index contributed by atoms with van der Waals surface area (Å²) < 4.78 is 1.74. The first-order chi connectivity index (χ1) is 7.50. The summed E-state index contributed by atoms with van der Waals surface area (Å²) in [6, 6.07) is 1.68. The lowest BCUT2D eigenvalue weighted by molar-refractivity contribution is 0.806. The first-order valence-electron chi connectivity index (χ1n) is 4.95. The summed E-state index contributed by atoms with van der Waals surface area (Å²) in [5.41, 5.74) is 9.32. The molecule has 0 saturated heterocycles. The van der Waals surface area contributed by atoms with Gasteiger partial charge in [0.1, 0.15) is 0 Å². The summed E-state index contributed by atoms with van der Waals surface area (Å²) in [6.45, 7) is 5.98. The van der Waals surface area contributed by atoms with Crippen LogP contribution in [0.25, 0.3) is 5.82 Å². The molecule has 0 aromatic carbocycles. The van der Waals surface area contributed by atoms with Crippen molar-refractivity contribution in [3.63, 3.8) is 0 Å². The molecule has 0 aliphatic heterocycles. The maximum absolute atomic E-state index is 6.09. The smallest absolute Gasteiger partial charge is 0.172 e. The predicted octanol–water partition coefficient (Wildman–Crippen LogP) is 2.43. The fourth-order valence-corrected chi connectivity index (χ4v) is 1.78. The van der Waals surface area contributed by atoms with Crippen LogP contribution >= 0.6 is 11.6 Å². The maximum Gasteiger partial charge on any atom is 0.172 e. The number of halogens is 1. The average Bonchev–Trinajstić information content (AvgIpc) is 2.46. The summed E-state index contributed by atoms with van der Waals surface area (Å²) in [4.78, 5) is 4.21. The van der Waals surface area contributed by atoms with Crippen molar-refractivity contribution in [1.82, 2.24) is 14.8 Å². The van der Waals surface area contributed by atoms with Gasteiger partial charge in [-0.15, -0.1) is 0 Å². The van der Waals surface area contributed by atoms with Gasteiger partial charge in [-0.1, -0.05) is 11.6 Å². The second kappa shape index (κ2) is 3.79. The quantitative estimate of drug-likeness (QED) is 0.827. The molecule has 2 heterocycles. The van der Waals surface area contributed by atoms with Gasteiger partial charge in [0.05, 0.1) is 22.6 Å². The number of nitrogen functional groups attached to an aromatic ring is 1. The molecule has 0 bridgehead atoms. The predicted molar refractivity (Wildman–Crippen MR) is 65.0 cm³/mol. The highest BCUT2D eigenvalue weighted by atomic mass is 35.5. The molecule has 4 nitrogen and oxygen atoms in total. The zero-order valence-corrected chi connectivity index (χ0v) is 10.2. The van der Waals surface area contributed by atoms with Gasteiger partial charge >= 0.3 is 0 Å². The Hall–Kier alpha value is -1.55. The van der Waals surface area contributed by atoms with Crippen LogP contribution < -0.4 is 5.73 Å². The Kier molecular flexibility index (Phi) is 2.59. The molecule has 2 N–H and O–H groups in total. The Balaban J connectivity index is 2.63. The Labute approximate surface area is 99.1 Å². The normalized spacial score (nSPS) is 10.8. The molecule has 0 radical (unpaired) electrons. The number of rotatable bonds is 1. The van der Waals surface area contributed by atoms with Crippen molar-refractivity contribution < 1.29 is 0 Å². The van der Waals surface area contributed by atoms with Gasteiger partial charge in [0.15, 0.2) is 5.82 Å². The number of anilines is 1. The van der Waals surface area contributed by atoms with Crippen LogP contribution in [0, 0.1) is 20.8 Å². The zero-order valence-electron chi connectivity index (χ0n) is 9.45. The van der Waals surface area contributed by atoms with Crippen molar-refractivity contribution in [2.24, 2.45) is 0 Å². The molecule has 0 aliphatic carbocycles. The number of hydrogen-bond acceptors (Lipinski definition) is 3. The fraction of sp³-hybridized carbons (Fsp3) is 0.273.